The van der Waals surface area contributed by atoms with Crippen molar-refractivity contribution in [3.05, 3.63) is 60.2 Å². The topological polar surface area (TPSA) is 19.0 Å². The summed E-state index contributed by atoms with van der Waals surface area (Å²) in [5.41, 5.74) is 2.75. The van der Waals surface area contributed by atoms with E-state index in [0.717, 1.165) is 38.5 Å². The maximum Gasteiger partial charge on any atom is 0.119 e. The lowest BCUT2D eigenvalue weighted by Crippen LogP contribution is -2.50. The second kappa shape index (κ2) is 8.11. The molecule has 0 aromatic heterocycles. The second-order valence-electron chi connectivity index (χ2n) is 7.28. The van der Waals surface area contributed by atoms with Gasteiger partial charge in [-0.3, -0.25) is 9.80 Å². The van der Waals surface area contributed by atoms with E-state index in [1.807, 2.05) is 6.07 Å². The molecule has 2 fully saturated rings. The molecule has 4 nitrogen and oxygen atoms in total. The fourth-order valence-corrected chi connectivity index (χ4v) is 4.07. The lowest BCUT2D eigenvalue weighted by Gasteiger charge is -2.43. The van der Waals surface area contributed by atoms with Crippen molar-refractivity contribution in [1.29, 1.82) is 0 Å². The molecule has 26 heavy (non-hydrogen) atoms. The minimum absolute atomic E-state index is 0.565. The highest BCUT2D eigenvalue weighted by Gasteiger charge is 2.29. The molecule has 0 saturated carbocycles. The summed E-state index contributed by atoms with van der Waals surface area (Å²) >= 11 is 0. The Bertz CT molecular complexity index is 698. The Morgan fingerprint density at radius 2 is 1.69 bits per heavy atom. The smallest absolute Gasteiger partial charge is 0.119 e. The first-order chi connectivity index (χ1) is 12.8. The summed E-state index contributed by atoms with van der Waals surface area (Å²) in [6.45, 7) is 8.12. The van der Waals surface area contributed by atoms with Crippen molar-refractivity contribution in [1.82, 2.24) is 9.80 Å². The lowest BCUT2D eigenvalue weighted by atomic mass is 9.94. The van der Waals surface area contributed by atoms with Gasteiger partial charge >= 0.3 is 0 Å². The summed E-state index contributed by atoms with van der Waals surface area (Å²) in [4.78, 5) is 7.72. The van der Waals surface area contributed by atoms with Crippen LogP contribution in [0.25, 0.3) is 0 Å². The van der Waals surface area contributed by atoms with Gasteiger partial charge in [0.05, 0.1) is 7.11 Å². The first-order valence-electron chi connectivity index (χ1n) is 9.74. The van der Waals surface area contributed by atoms with E-state index >= 15 is 0 Å². The molecule has 2 aromatic carbocycles. The van der Waals surface area contributed by atoms with Gasteiger partial charge in [0, 0.05) is 57.5 Å². The van der Waals surface area contributed by atoms with Crippen LogP contribution in [0.15, 0.2) is 54.6 Å². The van der Waals surface area contributed by atoms with Gasteiger partial charge in [-0.05, 0) is 36.2 Å². The van der Waals surface area contributed by atoms with Crippen molar-refractivity contribution in [3.63, 3.8) is 0 Å². The zero-order valence-electron chi connectivity index (χ0n) is 15.7. The van der Waals surface area contributed by atoms with Gasteiger partial charge in [0.15, 0.2) is 0 Å². The van der Waals surface area contributed by atoms with Crippen LogP contribution in [0.2, 0.25) is 0 Å². The number of likely N-dealkylation sites (tertiary alicyclic amines) is 1. The van der Waals surface area contributed by atoms with Crippen molar-refractivity contribution in [2.24, 2.45) is 0 Å². The van der Waals surface area contributed by atoms with Crippen LogP contribution in [0.3, 0.4) is 0 Å². The molecule has 0 spiro atoms. The predicted molar refractivity (Wildman–Crippen MR) is 107 cm³/mol. The third-order valence-corrected chi connectivity index (χ3v) is 5.81. The Balaban J connectivity index is 1.25. The van der Waals surface area contributed by atoms with Crippen LogP contribution in [0, 0.1) is 0 Å². The first-order valence-corrected chi connectivity index (χ1v) is 9.74. The highest BCUT2D eigenvalue weighted by molar-refractivity contribution is 5.46. The van der Waals surface area contributed by atoms with Crippen LogP contribution in [0.5, 0.6) is 5.75 Å². The minimum Gasteiger partial charge on any atom is -0.497 e. The molecule has 0 amide bonds. The highest BCUT2D eigenvalue weighted by Crippen LogP contribution is 2.34. The van der Waals surface area contributed by atoms with E-state index in [0.29, 0.717) is 6.04 Å². The number of anilines is 1. The van der Waals surface area contributed by atoms with Gasteiger partial charge in [-0.15, -0.1) is 0 Å². The van der Waals surface area contributed by atoms with Gasteiger partial charge < -0.3 is 9.64 Å². The molecule has 2 aromatic rings. The molecule has 2 heterocycles. The molecule has 0 bridgehead atoms. The molecule has 138 valence electrons. The monoisotopic (exact) mass is 351 g/mol. The summed E-state index contributed by atoms with van der Waals surface area (Å²) in [5, 5.41) is 0. The van der Waals surface area contributed by atoms with E-state index in [9.17, 15) is 0 Å². The second-order valence-corrected chi connectivity index (χ2v) is 7.28. The maximum absolute atomic E-state index is 5.38. The zero-order chi connectivity index (χ0) is 17.8. The molecule has 4 heteroatoms. The molecule has 4 rings (SSSR count). The average molecular weight is 351 g/mol. The van der Waals surface area contributed by atoms with Gasteiger partial charge in [0.2, 0.25) is 0 Å². The van der Waals surface area contributed by atoms with Gasteiger partial charge in [0.25, 0.3) is 0 Å². The number of rotatable bonds is 6. The van der Waals surface area contributed by atoms with E-state index in [1.165, 1.54) is 30.8 Å². The van der Waals surface area contributed by atoms with Gasteiger partial charge in [-0.25, -0.2) is 0 Å². The number of para-hydroxylation sites is 1. The standard InChI is InChI=1S/C22H29N3O/c1-26-21-9-5-6-19(18-21)22-10-11-25(22)17-14-23-12-15-24(16-13-23)20-7-3-2-4-8-20/h2-9,18,22H,10-17H2,1H3. The van der Waals surface area contributed by atoms with Crippen molar-refractivity contribution >= 4 is 5.69 Å². The van der Waals surface area contributed by atoms with E-state index in [-0.39, 0.29) is 0 Å². The summed E-state index contributed by atoms with van der Waals surface area (Å²) in [6, 6.07) is 19.9. The molecule has 1 atom stereocenters. The number of benzene rings is 2. The first kappa shape index (κ1) is 17.4. The van der Waals surface area contributed by atoms with Crippen LogP contribution in [0.1, 0.15) is 18.0 Å². The van der Waals surface area contributed by atoms with E-state index < -0.39 is 0 Å². The Labute approximate surface area is 157 Å². The van der Waals surface area contributed by atoms with E-state index in [2.05, 4.69) is 63.2 Å². The number of ether oxygens (including phenoxy) is 1. The van der Waals surface area contributed by atoms with Crippen LogP contribution >= 0.6 is 0 Å². The molecular weight excluding hydrogens is 322 g/mol. The summed E-state index contributed by atoms with van der Waals surface area (Å²) < 4.78 is 5.38. The Morgan fingerprint density at radius 3 is 2.38 bits per heavy atom. The number of nitrogens with zero attached hydrogens (tertiary/aromatic N) is 3. The molecule has 2 aliphatic rings. The zero-order valence-corrected chi connectivity index (χ0v) is 15.7. The van der Waals surface area contributed by atoms with Crippen LogP contribution in [-0.2, 0) is 0 Å². The van der Waals surface area contributed by atoms with Crippen molar-refractivity contribution in [2.75, 3.05) is 57.8 Å². The quantitative estimate of drug-likeness (QED) is 0.795. The summed E-state index contributed by atoms with van der Waals surface area (Å²) in [7, 11) is 1.74. The molecule has 0 radical (unpaired) electrons. The lowest BCUT2D eigenvalue weighted by molar-refractivity contribution is 0.0741. The summed E-state index contributed by atoms with van der Waals surface area (Å²) in [6.07, 6.45) is 1.26. The molecule has 2 aliphatic heterocycles. The molecule has 2 saturated heterocycles. The molecular formula is C22H29N3O. The maximum atomic E-state index is 5.38. The van der Waals surface area contributed by atoms with Crippen LogP contribution in [0.4, 0.5) is 5.69 Å². The van der Waals surface area contributed by atoms with Crippen molar-refractivity contribution < 1.29 is 4.74 Å². The molecule has 0 aliphatic carbocycles. The summed E-state index contributed by atoms with van der Waals surface area (Å²) in [5.74, 6) is 0.964. The normalized spacial score (nSPS) is 21.4. The third kappa shape index (κ3) is 3.87. The SMILES string of the molecule is COc1cccc(C2CCN2CCN2CCN(c3ccccc3)CC2)c1. The predicted octanol–water partition coefficient (Wildman–Crippen LogP) is 3.26. The number of hydrogen-bond acceptors (Lipinski definition) is 4. The Kier molecular flexibility index (Phi) is 5.42. The number of methoxy groups -OCH3 is 1. The van der Waals surface area contributed by atoms with E-state index in [4.69, 9.17) is 4.74 Å². The van der Waals surface area contributed by atoms with Gasteiger partial charge in [-0.1, -0.05) is 30.3 Å². The largest absolute Gasteiger partial charge is 0.497 e. The van der Waals surface area contributed by atoms with Crippen molar-refractivity contribution in [3.8, 4) is 5.75 Å². The van der Waals surface area contributed by atoms with E-state index in [1.54, 1.807) is 7.11 Å². The van der Waals surface area contributed by atoms with Gasteiger partial charge in [-0.2, -0.15) is 0 Å². The Hall–Kier alpha value is -2.04. The number of hydrogen-bond donors (Lipinski definition) is 0. The highest BCUT2D eigenvalue weighted by atomic mass is 16.5. The van der Waals surface area contributed by atoms with Crippen LogP contribution < -0.4 is 9.64 Å². The molecule has 1 unspecified atom stereocenters. The molecule has 0 N–H and O–H groups in total. The minimum atomic E-state index is 0.565. The third-order valence-electron chi connectivity index (χ3n) is 5.81. The van der Waals surface area contributed by atoms with Crippen molar-refractivity contribution in [2.45, 2.75) is 12.5 Å². The fourth-order valence-electron chi connectivity index (χ4n) is 4.07. The number of piperazine rings is 1. The fraction of sp³-hybridized carbons (Fsp3) is 0.455. The Morgan fingerprint density at radius 1 is 0.885 bits per heavy atom. The van der Waals surface area contributed by atoms with Crippen LogP contribution in [-0.4, -0.2) is 62.7 Å². The average Bonchev–Trinajstić information content (AvgIpc) is 2.69. The van der Waals surface area contributed by atoms with Gasteiger partial charge in [0.1, 0.15) is 5.75 Å².